The normalized spacial score (nSPS) is 11.0. The third-order valence-corrected chi connectivity index (χ3v) is 8.44. The van der Waals surface area contributed by atoms with E-state index in [-0.39, 0.29) is 5.82 Å². The number of nitrogens with zero attached hydrogens (tertiary/aromatic N) is 4. The Bertz CT molecular complexity index is 2280. The number of halogens is 1. The van der Waals surface area contributed by atoms with Gasteiger partial charge < -0.3 is 4.57 Å². The van der Waals surface area contributed by atoms with E-state index in [4.69, 9.17) is 15.0 Å². The van der Waals surface area contributed by atoms with Crippen molar-refractivity contribution in [3.63, 3.8) is 0 Å². The fraction of sp³-hybridized carbons (Fsp3) is 0.0930. The molecule has 0 fully saturated rings. The summed E-state index contributed by atoms with van der Waals surface area (Å²) in [5.41, 5.74) is 9.20. The van der Waals surface area contributed by atoms with Gasteiger partial charge in [0.1, 0.15) is 5.82 Å². The average Bonchev–Trinajstić information content (AvgIpc) is 3.45. The quantitative estimate of drug-likeness (QED) is 0.191. The van der Waals surface area contributed by atoms with E-state index in [0.29, 0.717) is 34.2 Å². The summed E-state index contributed by atoms with van der Waals surface area (Å²) in [6.07, 6.45) is 0. The van der Waals surface area contributed by atoms with E-state index < -0.39 is 0 Å². The number of hydrogen-bond acceptors (Lipinski definition) is 3. The van der Waals surface area contributed by atoms with Crippen molar-refractivity contribution in [1.82, 2.24) is 19.5 Å². The van der Waals surface area contributed by atoms with Gasteiger partial charge in [-0.2, -0.15) is 0 Å². The maximum absolute atomic E-state index is 15.5. The molecule has 0 aliphatic rings. The first-order valence-corrected chi connectivity index (χ1v) is 16.3. The van der Waals surface area contributed by atoms with Gasteiger partial charge in [-0.3, -0.25) is 0 Å². The molecular weight excluding hydrogens is 591 g/mol. The van der Waals surface area contributed by atoms with Crippen molar-refractivity contribution >= 4 is 21.8 Å². The molecular formula is C43H35FN4. The molecule has 5 heteroatoms. The summed E-state index contributed by atoms with van der Waals surface area (Å²) in [5, 5.41) is 2.38. The number of fused-ring (bicyclic) bond motifs is 3. The Hall–Kier alpha value is -5.94. The Balaban J connectivity index is 0.00000179. The highest BCUT2D eigenvalue weighted by Crippen LogP contribution is 2.38. The summed E-state index contributed by atoms with van der Waals surface area (Å²) < 4.78 is 17.7. The van der Waals surface area contributed by atoms with E-state index >= 15 is 4.39 Å². The van der Waals surface area contributed by atoms with Crippen molar-refractivity contribution in [2.24, 2.45) is 0 Å². The van der Waals surface area contributed by atoms with Crippen LogP contribution < -0.4 is 0 Å². The highest BCUT2D eigenvalue weighted by atomic mass is 19.1. The van der Waals surface area contributed by atoms with Crippen molar-refractivity contribution in [2.45, 2.75) is 27.7 Å². The van der Waals surface area contributed by atoms with Gasteiger partial charge in [-0.1, -0.05) is 122 Å². The maximum Gasteiger partial charge on any atom is 0.164 e. The van der Waals surface area contributed by atoms with Crippen LogP contribution in [0.15, 0.2) is 140 Å². The number of benzene rings is 6. The molecule has 0 bridgehead atoms. The number of hydrogen-bond donors (Lipinski definition) is 0. The van der Waals surface area contributed by atoms with E-state index in [1.54, 1.807) is 12.1 Å². The van der Waals surface area contributed by atoms with Crippen molar-refractivity contribution in [1.29, 1.82) is 0 Å². The third kappa shape index (κ3) is 5.64. The van der Waals surface area contributed by atoms with Crippen molar-refractivity contribution in [3.8, 4) is 51.0 Å². The maximum atomic E-state index is 15.5. The molecule has 0 saturated carbocycles. The van der Waals surface area contributed by atoms with Crippen LogP contribution in [0.1, 0.15) is 25.0 Å². The first-order valence-electron chi connectivity index (χ1n) is 16.3. The Kier molecular flexibility index (Phi) is 8.35. The van der Waals surface area contributed by atoms with Gasteiger partial charge in [-0.25, -0.2) is 19.3 Å². The molecule has 0 N–H and O–H groups in total. The van der Waals surface area contributed by atoms with Crippen LogP contribution >= 0.6 is 0 Å². The second kappa shape index (κ2) is 13.0. The second-order valence-corrected chi connectivity index (χ2v) is 11.6. The molecule has 4 nitrogen and oxygen atoms in total. The van der Waals surface area contributed by atoms with Gasteiger partial charge in [0.25, 0.3) is 0 Å². The summed E-state index contributed by atoms with van der Waals surface area (Å²) >= 11 is 0. The monoisotopic (exact) mass is 626 g/mol. The highest BCUT2D eigenvalue weighted by Gasteiger charge is 2.20. The number of aryl methyl sites for hydroxylation is 2. The lowest BCUT2D eigenvalue weighted by molar-refractivity contribution is 0.631. The van der Waals surface area contributed by atoms with Crippen LogP contribution in [-0.2, 0) is 0 Å². The highest BCUT2D eigenvalue weighted by molar-refractivity contribution is 6.10. The first kappa shape index (κ1) is 30.7. The molecule has 0 spiro atoms. The predicted octanol–water partition coefficient (Wildman–Crippen LogP) is 11.4. The van der Waals surface area contributed by atoms with Crippen LogP contribution in [0, 0.1) is 19.7 Å². The number of aromatic nitrogens is 4. The zero-order valence-corrected chi connectivity index (χ0v) is 27.4. The molecule has 0 unspecified atom stereocenters. The standard InChI is InChI=1S/C41H29FN4.C2H6/c1-26-17-21-37-33(23-26)34-24-27(2)18-22-38(34)46(37)30-19-20-31(32-15-9-10-16-36(32)42)35(25-30)41-44-39(28-11-5-3-6-12-28)43-40(45-41)29-13-7-4-8-14-29;1-2/h3-25H,1-2H3;1-2H3. The van der Waals surface area contributed by atoms with Crippen LogP contribution in [0.2, 0.25) is 0 Å². The fourth-order valence-corrected chi connectivity index (χ4v) is 6.23. The fourth-order valence-electron chi connectivity index (χ4n) is 6.23. The summed E-state index contributed by atoms with van der Waals surface area (Å²) in [6, 6.07) is 45.9. The van der Waals surface area contributed by atoms with Crippen molar-refractivity contribution < 1.29 is 4.39 Å². The van der Waals surface area contributed by atoms with E-state index in [1.165, 1.54) is 28.0 Å². The molecule has 0 saturated heterocycles. The van der Waals surface area contributed by atoms with E-state index in [9.17, 15) is 0 Å². The van der Waals surface area contributed by atoms with Gasteiger partial charge in [0.2, 0.25) is 0 Å². The van der Waals surface area contributed by atoms with Gasteiger partial charge >= 0.3 is 0 Å². The van der Waals surface area contributed by atoms with E-state index in [0.717, 1.165) is 27.8 Å². The minimum atomic E-state index is -0.306. The van der Waals surface area contributed by atoms with E-state index in [2.05, 4.69) is 66.9 Å². The average molecular weight is 627 g/mol. The molecule has 0 aliphatic heterocycles. The Morgan fingerprint density at radius 2 is 0.958 bits per heavy atom. The molecule has 8 aromatic rings. The molecule has 6 aromatic carbocycles. The largest absolute Gasteiger partial charge is 0.309 e. The van der Waals surface area contributed by atoms with Gasteiger partial charge in [0.15, 0.2) is 17.5 Å². The lowest BCUT2D eigenvalue weighted by Crippen LogP contribution is -2.03. The summed E-state index contributed by atoms with van der Waals surface area (Å²) in [6.45, 7) is 8.24. The lowest BCUT2D eigenvalue weighted by atomic mass is 9.97. The van der Waals surface area contributed by atoms with Crippen LogP contribution in [0.4, 0.5) is 4.39 Å². The van der Waals surface area contributed by atoms with Gasteiger partial charge in [-0.15, -0.1) is 0 Å². The van der Waals surface area contributed by atoms with Gasteiger partial charge in [0, 0.05) is 38.7 Å². The van der Waals surface area contributed by atoms with Crippen LogP contribution in [-0.4, -0.2) is 19.5 Å². The zero-order valence-electron chi connectivity index (χ0n) is 27.4. The molecule has 2 aromatic heterocycles. The predicted molar refractivity (Wildman–Crippen MR) is 197 cm³/mol. The molecule has 48 heavy (non-hydrogen) atoms. The Morgan fingerprint density at radius 3 is 1.50 bits per heavy atom. The molecule has 234 valence electrons. The van der Waals surface area contributed by atoms with E-state index in [1.807, 2.05) is 86.6 Å². The number of rotatable bonds is 5. The molecule has 0 amide bonds. The molecule has 8 rings (SSSR count). The van der Waals surface area contributed by atoms with Gasteiger partial charge in [0.05, 0.1) is 11.0 Å². The van der Waals surface area contributed by atoms with Crippen LogP contribution in [0.3, 0.4) is 0 Å². The topological polar surface area (TPSA) is 43.6 Å². The molecule has 0 radical (unpaired) electrons. The second-order valence-electron chi connectivity index (χ2n) is 11.6. The first-order chi connectivity index (χ1) is 23.5. The SMILES string of the molecule is CC.Cc1ccc2c(c1)c1cc(C)ccc1n2-c1ccc(-c2ccccc2F)c(-c2nc(-c3ccccc3)nc(-c3ccccc3)n2)c1. The molecule has 0 atom stereocenters. The molecule has 2 heterocycles. The van der Waals surface area contributed by atoms with Crippen molar-refractivity contribution in [3.05, 3.63) is 156 Å². The Labute approximate surface area is 280 Å². The zero-order chi connectivity index (χ0) is 33.2. The van der Waals surface area contributed by atoms with Gasteiger partial charge in [-0.05, 0) is 61.9 Å². The summed E-state index contributed by atoms with van der Waals surface area (Å²) in [4.78, 5) is 15.0. The lowest BCUT2D eigenvalue weighted by Gasteiger charge is -2.16. The molecule has 0 aliphatic carbocycles. The van der Waals surface area contributed by atoms with Crippen LogP contribution in [0.5, 0.6) is 0 Å². The minimum absolute atomic E-state index is 0.306. The minimum Gasteiger partial charge on any atom is -0.309 e. The van der Waals surface area contributed by atoms with Crippen molar-refractivity contribution in [2.75, 3.05) is 0 Å². The summed E-state index contributed by atoms with van der Waals surface area (Å²) in [7, 11) is 0. The van der Waals surface area contributed by atoms with Crippen LogP contribution in [0.25, 0.3) is 72.8 Å². The smallest absolute Gasteiger partial charge is 0.164 e. The Morgan fingerprint density at radius 1 is 0.458 bits per heavy atom. The third-order valence-electron chi connectivity index (χ3n) is 8.44. The summed E-state index contributed by atoms with van der Waals surface area (Å²) in [5.74, 6) is 1.27.